The van der Waals surface area contributed by atoms with Crippen molar-refractivity contribution in [2.75, 3.05) is 0 Å². The predicted octanol–water partition coefficient (Wildman–Crippen LogP) is 4.93. The molecule has 0 N–H and O–H groups in total. The summed E-state index contributed by atoms with van der Waals surface area (Å²) in [5.41, 5.74) is 0. The van der Waals surface area contributed by atoms with Crippen molar-refractivity contribution in [3.05, 3.63) is 0 Å². The van der Waals surface area contributed by atoms with Gasteiger partial charge in [0.15, 0.2) is 0 Å². The van der Waals surface area contributed by atoms with E-state index < -0.39 is 12.3 Å². The lowest BCUT2D eigenvalue weighted by Gasteiger charge is -2.40. The second kappa shape index (κ2) is 5.67. The molecule has 0 aliphatic heterocycles. The van der Waals surface area contributed by atoms with Gasteiger partial charge in [-0.1, -0.05) is 33.1 Å². The summed E-state index contributed by atoms with van der Waals surface area (Å²) >= 11 is 0. The number of halogens is 2. The molecule has 0 bridgehead atoms. The van der Waals surface area contributed by atoms with E-state index in [1.165, 1.54) is 19.3 Å². The molecule has 2 aliphatic rings. The molecule has 0 radical (unpaired) electrons. The summed E-state index contributed by atoms with van der Waals surface area (Å²) in [6.07, 6.45) is 5.35. The third-order valence-electron chi connectivity index (χ3n) is 5.29. The van der Waals surface area contributed by atoms with Crippen LogP contribution in [-0.2, 0) is 0 Å². The zero-order valence-corrected chi connectivity index (χ0v) is 11.2. The van der Waals surface area contributed by atoms with Gasteiger partial charge < -0.3 is 0 Å². The van der Waals surface area contributed by atoms with Crippen LogP contribution in [0, 0.1) is 23.7 Å². The molecule has 4 atom stereocenters. The van der Waals surface area contributed by atoms with Crippen LogP contribution < -0.4 is 0 Å². The van der Waals surface area contributed by atoms with Crippen LogP contribution in [0.4, 0.5) is 8.78 Å². The van der Waals surface area contributed by atoms with Gasteiger partial charge in [0.05, 0.1) is 0 Å². The van der Waals surface area contributed by atoms with Crippen LogP contribution in [0.5, 0.6) is 0 Å². The lowest BCUT2D eigenvalue weighted by Crippen LogP contribution is -2.41. The Morgan fingerprint density at radius 1 is 0.882 bits per heavy atom. The summed E-state index contributed by atoms with van der Waals surface area (Å²) in [6.45, 7) is 4.09. The Morgan fingerprint density at radius 3 is 2.12 bits per heavy atom. The van der Waals surface area contributed by atoms with Crippen molar-refractivity contribution >= 4 is 0 Å². The largest absolute Gasteiger partial charge is 0.244 e. The highest BCUT2D eigenvalue weighted by Gasteiger charge is 2.42. The van der Waals surface area contributed by atoms with E-state index >= 15 is 0 Å². The Bertz CT molecular complexity index is 233. The first-order valence-corrected chi connectivity index (χ1v) is 7.41. The van der Waals surface area contributed by atoms with E-state index in [9.17, 15) is 8.78 Å². The number of rotatable bonds is 2. The minimum Gasteiger partial charge on any atom is -0.244 e. The first kappa shape index (κ1) is 13.3. The molecule has 0 aromatic heterocycles. The molecule has 4 unspecified atom stereocenters. The fourth-order valence-corrected chi connectivity index (χ4v) is 3.84. The third kappa shape index (κ3) is 2.82. The van der Waals surface area contributed by atoms with Gasteiger partial charge in [-0.3, -0.25) is 0 Å². The highest BCUT2D eigenvalue weighted by molar-refractivity contribution is 4.91. The van der Waals surface area contributed by atoms with Crippen LogP contribution in [-0.4, -0.2) is 12.3 Å². The maximum atomic E-state index is 14.1. The van der Waals surface area contributed by atoms with E-state index in [2.05, 4.69) is 6.92 Å². The molecular formula is C15H26F2. The summed E-state index contributed by atoms with van der Waals surface area (Å²) in [5, 5.41) is 0. The SMILES string of the molecule is CCC1CCC(C2CCC(C)C(F)C2F)CC1. The van der Waals surface area contributed by atoms with Gasteiger partial charge in [-0.05, 0) is 49.4 Å². The smallest absolute Gasteiger partial charge is 0.134 e. The third-order valence-corrected chi connectivity index (χ3v) is 5.29. The Hall–Kier alpha value is -0.140. The maximum absolute atomic E-state index is 14.1. The molecule has 0 amide bonds. The summed E-state index contributed by atoms with van der Waals surface area (Å²) in [5.74, 6) is 1.23. The molecule has 2 saturated carbocycles. The molecule has 17 heavy (non-hydrogen) atoms. The van der Waals surface area contributed by atoms with Crippen molar-refractivity contribution in [2.45, 2.75) is 71.1 Å². The number of hydrogen-bond acceptors (Lipinski definition) is 0. The first-order chi connectivity index (χ1) is 8.13. The molecule has 2 fully saturated rings. The van der Waals surface area contributed by atoms with Gasteiger partial charge in [0.1, 0.15) is 12.3 Å². The lowest BCUT2D eigenvalue weighted by molar-refractivity contribution is -0.00646. The number of alkyl halides is 2. The molecule has 0 spiro atoms. The van der Waals surface area contributed by atoms with Gasteiger partial charge in [-0.25, -0.2) is 8.78 Å². The van der Waals surface area contributed by atoms with Crippen LogP contribution in [0.25, 0.3) is 0 Å². The molecule has 2 rings (SSSR count). The van der Waals surface area contributed by atoms with E-state index in [0.29, 0.717) is 5.92 Å². The van der Waals surface area contributed by atoms with E-state index in [4.69, 9.17) is 0 Å². The van der Waals surface area contributed by atoms with Crippen molar-refractivity contribution in [1.29, 1.82) is 0 Å². The van der Waals surface area contributed by atoms with Gasteiger partial charge in [-0.15, -0.1) is 0 Å². The van der Waals surface area contributed by atoms with Gasteiger partial charge in [0.2, 0.25) is 0 Å². The molecule has 100 valence electrons. The molecule has 0 aromatic rings. The van der Waals surface area contributed by atoms with Crippen LogP contribution in [0.15, 0.2) is 0 Å². The Kier molecular flexibility index (Phi) is 4.43. The Morgan fingerprint density at radius 2 is 1.53 bits per heavy atom. The maximum Gasteiger partial charge on any atom is 0.134 e. The van der Waals surface area contributed by atoms with Crippen LogP contribution >= 0.6 is 0 Å². The average molecular weight is 244 g/mol. The normalized spacial score (nSPS) is 48.0. The van der Waals surface area contributed by atoms with Gasteiger partial charge >= 0.3 is 0 Å². The van der Waals surface area contributed by atoms with Crippen molar-refractivity contribution in [3.8, 4) is 0 Å². The topological polar surface area (TPSA) is 0 Å². The van der Waals surface area contributed by atoms with Crippen LogP contribution in [0.2, 0.25) is 0 Å². The van der Waals surface area contributed by atoms with E-state index in [0.717, 1.165) is 31.6 Å². The van der Waals surface area contributed by atoms with Crippen LogP contribution in [0.1, 0.15) is 58.8 Å². The van der Waals surface area contributed by atoms with Gasteiger partial charge in [0, 0.05) is 0 Å². The standard InChI is InChI=1S/C15H26F2/c1-3-11-5-7-12(8-6-11)13-9-4-10(2)14(16)15(13)17/h10-15H,3-9H2,1-2H3. The zero-order chi connectivity index (χ0) is 12.4. The molecular weight excluding hydrogens is 218 g/mol. The highest BCUT2D eigenvalue weighted by Crippen LogP contribution is 2.43. The minimum absolute atomic E-state index is 0.0130. The number of hydrogen-bond donors (Lipinski definition) is 0. The van der Waals surface area contributed by atoms with Crippen molar-refractivity contribution in [2.24, 2.45) is 23.7 Å². The van der Waals surface area contributed by atoms with E-state index in [1.54, 1.807) is 0 Å². The Labute approximate surface area is 104 Å². The molecule has 0 nitrogen and oxygen atoms in total. The quantitative estimate of drug-likeness (QED) is 0.646. The Balaban J connectivity index is 1.90. The predicted molar refractivity (Wildman–Crippen MR) is 67.4 cm³/mol. The fraction of sp³-hybridized carbons (Fsp3) is 1.00. The molecule has 2 heteroatoms. The molecule has 0 saturated heterocycles. The lowest BCUT2D eigenvalue weighted by atomic mass is 9.68. The summed E-state index contributed by atoms with van der Waals surface area (Å²) in [4.78, 5) is 0. The molecule has 2 aliphatic carbocycles. The van der Waals surface area contributed by atoms with Gasteiger partial charge in [0.25, 0.3) is 0 Å². The summed E-state index contributed by atoms with van der Waals surface area (Å²) in [7, 11) is 0. The first-order valence-electron chi connectivity index (χ1n) is 7.41. The summed E-state index contributed by atoms with van der Waals surface area (Å²) < 4.78 is 27.8. The average Bonchev–Trinajstić information content (AvgIpc) is 2.36. The molecule has 0 heterocycles. The molecule has 0 aromatic carbocycles. The van der Waals surface area contributed by atoms with Crippen molar-refractivity contribution in [1.82, 2.24) is 0 Å². The second-order valence-electron chi connectivity index (χ2n) is 6.30. The monoisotopic (exact) mass is 244 g/mol. The second-order valence-corrected chi connectivity index (χ2v) is 6.30. The van der Waals surface area contributed by atoms with Crippen molar-refractivity contribution < 1.29 is 8.78 Å². The highest BCUT2D eigenvalue weighted by atomic mass is 19.2. The minimum atomic E-state index is -1.21. The zero-order valence-electron chi connectivity index (χ0n) is 11.2. The van der Waals surface area contributed by atoms with Gasteiger partial charge in [-0.2, -0.15) is 0 Å². The van der Waals surface area contributed by atoms with Crippen molar-refractivity contribution in [3.63, 3.8) is 0 Å². The van der Waals surface area contributed by atoms with Crippen LogP contribution in [0.3, 0.4) is 0 Å². The van der Waals surface area contributed by atoms with E-state index in [-0.39, 0.29) is 11.8 Å². The van der Waals surface area contributed by atoms with E-state index in [1.807, 2.05) is 6.92 Å². The fourth-order valence-electron chi connectivity index (χ4n) is 3.84. The summed E-state index contributed by atoms with van der Waals surface area (Å²) in [6, 6.07) is 0.